The van der Waals surface area contributed by atoms with Crippen molar-refractivity contribution in [2.75, 3.05) is 0 Å². The van der Waals surface area contributed by atoms with Gasteiger partial charge in [-0.2, -0.15) is 4.68 Å². The molecule has 26 heavy (non-hydrogen) atoms. The van der Waals surface area contributed by atoms with E-state index in [2.05, 4.69) is 10.1 Å². The maximum absolute atomic E-state index is 12.7. The largest absolute Gasteiger partial charge is 0.490 e. The Labute approximate surface area is 149 Å². The van der Waals surface area contributed by atoms with Gasteiger partial charge in [-0.1, -0.05) is 18.2 Å². The van der Waals surface area contributed by atoms with Crippen molar-refractivity contribution in [3.8, 4) is 22.7 Å². The van der Waals surface area contributed by atoms with Gasteiger partial charge in [0.2, 0.25) is 0 Å². The van der Waals surface area contributed by atoms with E-state index in [4.69, 9.17) is 4.74 Å². The van der Waals surface area contributed by atoms with Crippen molar-refractivity contribution in [3.05, 3.63) is 77.5 Å². The quantitative estimate of drug-likeness (QED) is 0.571. The third-order valence-corrected chi connectivity index (χ3v) is 4.38. The number of rotatable bonds is 4. The average Bonchev–Trinajstić information content (AvgIpc) is 3.44. The molecule has 3 heterocycles. The minimum absolute atomic E-state index is 0.245. The molecule has 0 N–H and O–H groups in total. The fourth-order valence-electron chi connectivity index (χ4n) is 2.90. The topological polar surface area (TPSA) is 61.4 Å². The van der Waals surface area contributed by atoms with Crippen LogP contribution in [-0.2, 0) is 0 Å². The number of pyridine rings is 2. The molecule has 0 aliphatic heterocycles. The summed E-state index contributed by atoms with van der Waals surface area (Å²) in [6.07, 6.45) is 6.05. The van der Waals surface area contributed by atoms with Gasteiger partial charge in [0, 0.05) is 12.4 Å². The number of nitrogens with zero attached hydrogens (tertiary/aromatic N) is 4. The lowest BCUT2D eigenvalue weighted by atomic mass is 10.1. The zero-order valence-electron chi connectivity index (χ0n) is 13.9. The van der Waals surface area contributed by atoms with Crippen molar-refractivity contribution in [2.24, 2.45) is 0 Å². The van der Waals surface area contributed by atoms with Gasteiger partial charge in [-0.25, -0.2) is 14.2 Å². The van der Waals surface area contributed by atoms with Crippen molar-refractivity contribution in [1.29, 1.82) is 0 Å². The lowest BCUT2D eigenvalue weighted by Gasteiger charge is -2.07. The van der Waals surface area contributed by atoms with E-state index in [1.54, 1.807) is 28.9 Å². The molecule has 6 heteroatoms. The third-order valence-electron chi connectivity index (χ3n) is 4.38. The summed E-state index contributed by atoms with van der Waals surface area (Å²) in [5.74, 6) is 1.37. The first kappa shape index (κ1) is 14.9. The van der Waals surface area contributed by atoms with Crippen LogP contribution >= 0.6 is 0 Å². The van der Waals surface area contributed by atoms with Crippen LogP contribution < -0.4 is 10.4 Å². The van der Waals surface area contributed by atoms with Gasteiger partial charge >= 0.3 is 5.69 Å². The van der Waals surface area contributed by atoms with Crippen LogP contribution in [-0.4, -0.2) is 25.3 Å². The number of hydrogen-bond donors (Lipinski definition) is 0. The van der Waals surface area contributed by atoms with E-state index < -0.39 is 0 Å². The number of benzene rings is 1. The molecule has 0 spiro atoms. The van der Waals surface area contributed by atoms with E-state index in [0.717, 1.165) is 29.7 Å². The predicted octanol–water partition coefficient (Wildman–Crippen LogP) is 3.09. The molecule has 6 nitrogen and oxygen atoms in total. The zero-order chi connectivity index (χ0) is 17.5. The van der Waals surface area contributed by atoms with Gasteiger partial charge in [-0.3, -0.25) is 0 Å². The molecule has 0 amide bonds. The summed E-state index contributed by atoms with van der Waals surface area (Å²) in [7, 11) is 0. The predicted molar refractivity (Wildman–Crippen MR) is 97.7 cm³/mol. The lowest BCUT2D eigenvalue weighted by Crippen LogP contribution is -2.20. The van der Waals surface area contributed by atoms with E-state index in [1.165, 1.54) is 4.68 Å². The van der Waals surface area contributed by atoms with Gasteiger partial charge in [0.15, 0.2) is 11.5 Å². The summed E-state index contributed by atoms with van der Waals surface area (Å²) in [6.45, 7) is 0. The molecule has 3 aromatic heterocycles. The van der Waals surface area contributed by atoms with Gasteiger partial charge < -0.3 is 4.74 Å². The van der Waals surface area contributed by atoms with Gasteiger partial charge in [0.25, 0.3) is 0 Å². The molecule has 1 aromatic carbocycles. The standard InChI is InChI=1S/C20H16N4O2/c25-20-23-13-15(14-4-3-5-17(12-14)26-16-8-9-16)7-10-19(23)22-24(20)18-6-1-2-11-21-18/h1-7,10-13,16H,8-9H2. The van der Waals surface area contributed by atoms with Gasteiger partial charge in [0.1, 0.15) is 5.75 Å². The van der Waals surface area contributed by atoms with Crippen molar-refractivity contribution >= 4 is 5.65 Å². The fourth-order valence-corrected chi connectivity index (χ4v) is 2.90. The Morgan fingerprint density at radius 3 is 2.73 bits per heavy atom. The number of aromatic nitrogens is 4. The van der Waals surface area contributed by atoms with Crippen molar-refractivity contribution in [3.63, 3.8) is 0 Å². The van der Waals surface area contributed by atoms with E-state index >= 15 is 0 Å². The average molecular weight is 344 g/mol. The smallest absolute Gasteiger partial charge is 0.356 e. The highest BCUT2D eigenvalue weighted by Crippen LogP contribution is 2.29. The van der Waals surface area contributed by atoms with Gasteiger partial charge in [-0.05, 0) is 60.4 Å². The van der Waals surface area contributed by atoms with Crippen LogP contribution in [0.15, 0.2) is 71.8 Å². The first-order chi connectivity index (χ1) is 12.8. The van der Waals surface area contributed by atoms with Crippen LogP contribution in [0.3, 0.4) is 0 Å². The molecule has 0 saturated heterocycles. The summed E-state index contributed by atoms with van der Waals surface area (Å²) in [4.78, 5) is 16.9. The molecule has 1 saturated carbocycles. The second-order valence-corrected chi connectivity index (χ2v) is 6.37. The van der Waals surface area contributed by atoms with Crippen LogP contribution in [0.25, 0.3) is 22.6 Å². The fraction of sp³-hybridized carbons (Fsp3) is 0.150. The highest BCUT2D eigenvalue weighted by Gasteiger charge is 2.23. The summed E-state index contributed by atoms with van der Waals surface area (Å²) in [5, 5.41) is 4.36. The third kappa shape index (κ3) is 2.65. The number of ether oxygens (including phenoxy) is 1. The first-order valence-electron chi connectivity index (χ1n) is 8.58. The second-order valence-electron chi connectivity index (χ2n) is 6.37. The summed E-state index contributed by atoms with van der Waals surface area (Å²) >= 11 is 0. The summed E-state index contributed by atoms with van der Waals surface area (Å²) in [6, 6.07) is 17.1. The van der Waals surface area contributed by atoms with Crippen LogP contribution in [0.5, 0.6) is 5.75 Å². The molecule has 0 atom stereocenters. The lowest BCUT2D eigenvalue weighted by molar-refractivity contribution is 0.303. The molecule has 1 aliphatic carbocycles. The van der Waals surface area contributed by atoms with E-state index in [0.29, 0.717) is 17.6 Å². The Balaban J connectivity index is 1.58. The van der Waals surface area contributed by atoms with E-state index in [1.807, 2.05) is 42.5 Å². The van der Waals surface area contributed by atoms with Crippen molar-refractivity contribution in [1.82, 2.24) is 19.2 Å². The Morgan fingerprint density at radius 2 is 1.92 bits per heavy atom. The van der Waals surface area contributed by atoms with Gasteiger partial charge in [0.05, 0.1) is 6.10 Å². The first-order valence-corrected chi connectivity index (χ1v) is 8.58. The Kier molecular flexibility index (Phi) is 3.35. The maximum Gasteiger partial charge on any atom is 0.356 e. The Morgan fingerprint density at radius 1 is 1.00 bits per heavy atom. The summed E-state index contributed by atoms with van der Waals surface area (Å²) in [5.41, 5.74) is 2.27. The SMILES string of the molecule is O=c1n(-c2ccccn2)nc2ccc(-c3cccc(OC4CC4)c3)cn12. The van der Waals surface area contributed by atoms with E-state index in [-0.39, 0.29) is 5.69 Å². The zero-order valence-corrected chi connectivity index (χ0v) is 13.9. The normalized spacial score (nSPS) is 13.8. The highest BCUT2D eigenvalue weighted by molar-refractivity contribution is 5.66. The monoisotopic (exact) mass is 344 g/mol. The highest BCUT2D eigenvalue weighted by atomic mass is 16.5. The van der Waals surface area contributed by atoms with Crippen molar-refractivity contribution in [2.45, 2.75) is 18.9 Å². The minimum atomic E-state index is -0.245. The number of hydrogen-bond acceptors (Lipinski definition) is 4. The van der Waals surface area contributed by atoms with Crippen LogP contribution in [0.1, 0.15) is 12.8 Å². The molecule has 4 aromatic rings. The second kappa shape index (κ2) is 5.84. The molecule has 0 bridgehead atoms. The molecule has 1 aliphatic rings. The number of fused-ring (bicyclic) bond motifs is 1. The molecule has 0 unspecified atom stereocenters. The van der Waals surface area contributed by atoms with E-state index in [9.17, 15) is 4.79 Å². The van der Waals surface area contributed by atoms with Crippen LogP contribution in [0.4, 0.5) is 0 Å². The summed E-state index contributed by atoms with van der Waals surface area (Å²) < 4.78 is 8.72. The van der Waals surface area contributed by atoms with Gasteiger partial charge in [-0.15, -0.1) is 5.10 Å². The molecule has 1 fully saturated rings. The molecule has 5 rings (SSSR count). The molecular formula is C20H16N4O2. The molecule has 0 radical (unpaired) electrons. The molecular weight excluding hydrogens is 328 g/mol. The van der Waals surface area contributed by atoms with Crippen molar-refractivity contribution < 1.29 is 4.74 Å². The molecule has 128 valence electrons. The van der Waals surface area contributed by atoms with Crippen LogP contribution in [0.2, 0.25) is 0 Å². The Hall–Kier alpha value is -3.41. The Bertz CT molecular complexity index is 1140. The maximum atomic E-state index is 12.7. The minimum Gasteiger partial charge on any atom is -0.490 e. The van der Waals surface area contributed by atoms with Crippen LogP contribution in [0, 0.1) is 0 Å².